The minimum absolute atomic E-state index is 0.139. The maximum Gasteiger partial charge on any atom is 0.245 e. The number of likely N-dealkylation sites (tertiary alicyclic amines) is 1. The highest BCUT2D eigenvalue weighted by Crippen LogP contribution is 2.38. The molecule has 0 bridgehead atoms. The molecule has 2 aliphatic rings. The van der Waals surface area contributed by atoms with Crippen LogP contribution in [0.1, 0.15) is 49.8 Å². The van der Waals surface area contributed by atoms with Gasteiger partial charge in [-0.25, -0.2) is 4.98 Å². The molecule has 0 unspecified atom stereocenters. The van der Waals surface area contributed by atoms with E-state index in [1.54, 1.807) is 24.5 Å². The molecule has 2 heterocycles. The number of amides is 2. The topological polar surface area (TPSA) is 108 Å². The minimum atomic E-state index is -0.787. The number of aromatic nitrogens is 2. The number of aliphatic hydroxyl groups is 1. The van der Waals surface area contributed by atoms with Crippen molar-refractivity contribution in [3.8, 4) is 5.75 Å². The molecule has 1 aliphatic carbocycles. The fourth-order valence-corrected chi connectivity index (χ4v) is 5.02. The van der Waals surface area contributed by atoms with Crippen LogP contribution in [0.25, 0.3) is 0 Å². The summed E-state index contributed by atoms with van der Waals surface area (Å²) in [4.78, 5) is 34.7. The first-order valence-electron chi connectivity index (χ1n) is 11.9. The zero-order valence-electron chi connectivity index (χ0n) is 19.3. The van der Waals surface area contributed by atoms with Gasteiger partial charge in [0, 0.05) is 19.0 Å². The van der Waals surface area contributed by atoms with Gasteiger partial charge < -0.3 is 25.0 Å². The number of carbonyl (C=O) groups excluding carboxylic acids is 2. The van der Waals surface area contributed by atoms with Gasteiger partial charge in [-0.05, 0) is 42.9 Å². The van der Waals surface area contributed by atoms with E-state index in [1.807, 2.05) is 24.3 Å². The molecule has 1 atom stereocenters. The van der Waals surface area contributed by atoms with Crippen LogP contribution >= 0.6 is 0 Å². The number of imidazole rings is 1. The second-order valence-electron chi connectivity index (χ2n) is 9.37. The number of nitrogens with zero attached hydrogens (tertiary/aromatic N) is 2. The average molecular weight is 455 g/mol. The number of aromatic amines is 1. The highest BCUT2D eigenvalue weighted by Gasteiger charge is 2.50. The van der Waals surface area contributed by atoms with Crippen LogP contribution in [0.5, 0.6) is 5.75 Å². The summed E-state index contributed by atoms with van der Waals surface area (Å²) in [6.07, 6.45) is 10.1. The van der Waals surface area contributed by atoms with Crippen LogP contribution < -0.4 is 10.1 Å². The Morgan fingerprint density at radius 3 is 2.61 bits per heavy atom. The molecule has 8 nitrogen and oxygen atoms in total. The number of hydrogen-bond donors (Lipinski definition) is 3. The van der Waals surface area contributed by atoms with Crippen molar-refractivity contribution >= 4 is 11.8 Å². The summed E-state index contributed by atoms with van der Waals surface area (Å²) < 4.78 is 5.22. The number of hydrogen-bond acceptors (Lipinski definition) is 5. The summed E-state index contributed by atoms with van der Waals surface area (Å²) in [6, 6.07) is 6.83. The van der Waals surface area contributed by atoms with E-state index < -0.39 is 11.6 Å². The molecule has 1 aromatic heterocycles. The monoisotopic (exact) mass is 454 g/mol. The van der Waals surface area contributed by atoms with E-state index in [-0.39, 0.29) is 24.2 Å². The molecule has 1 saturated heterocycles. The van der Waals surface area contributed by atoms with E-state index in [1.165, 1.54) is 6.42 Å². The molecule has 1 saturated carbocycles. The van der Waals surface area contributed by atoms with Crippen molar-refractivity contribution in [3.05, 3.63) is 48.0 Å². The predicted octanol–water partition coefficient (Wildman–Crippen LogP) is 2.23. The largest absolute Gasteiger partial charge is 0.497 e. The Labute approximate surface area is 194 Å². The lowest BCUT2D eigenvalue weighted by molar-refractivity contribution is -0.171. The molecular weight excluding hydrogens is 420 g/mol. The predicted molar refractivity (Wildman–Crippen MR) is 124 cm³/mol. The van der Waals surface area contributed by atoms with Gasteiger partial charge in [-0.2, -0.15) is 0 Å². The first-order chi connectivity index (χ1) is 16.0. The van der Waals surface area contributed by atoms with Gasteiger partial charge in [0.1, 0.15) is 17.4 Å². The van der Waals surface area contributed by atoms with Gasteiger partial charge >= 0.3 is 0 Å². The highest BCUT2D eigenvalue weighted by molar-refractivity contribution is 5.88. The Balaban J connectivity index is 1.39. The van der Waals surface area contributed by atoms with Gasteiger partial charge in [0.25, 0.3) is 0 Å². The van der Waals surface area contributed by atoms with Gasteiger partial charge in [-0.3, -0.25) is 9.59 Å². The maximum absolute atomic E-state index is 13.4. The first-order valence-corrected chi connectivity index (χ1v) is 11.9. The van der Waals surface area contributed by atoms with Crippen molar-refractivity contribution in [2.24, 2.45) is 5.92 Å². The molecule has 1 aliphatic heterocycles. The van der Waals surface area contributed by atoms with Crippen molar-refractivity contribution in [1.29, 1.82) is 0 Å². The standard InChI is InChI=1S/C25H34N4O4/c1-33-21-10-7-18(8-11-21)13-22(28-23(30)12-9-20-14-26-17-27-20)24(31)29-15-25(32,16-29)19-5-3-2-4-6-19/h7-8,10-11,14,17,19,22,32H,2-6,9,12-13,15-16H2,1H3,(H,26,27)(H,28,30)/t22-/m0/s1. The molecule has 1 aromatic carbocycles. The number of aryl methyl sites for hydroxylation is 1. The zero-order valence-corrected chi connectivity index (χ0v) is 19.3. The van der Waals surface area contributed by atoms with E-state index in [0.717, 1.165) is 42.7 Å². The van der Waals surface area contributed by atoms with Gasteiger partial charge in [0.05, 0.1) is 32.2 Å². The van der Waals surface area contributed by atoms with Crippen LogP contribution in [0.15, 0.2) is 36.8 Å². The summed E-state index contributed by atoms with van der Waals surface area (Å²) in [5, 5.41) is 14.0. The normalized spacial score (nSPS) is 18.9. The number of methoxy groups -OCH3 is 1. The fraction of sp³-hybridized carbons (Fsp3) is 0.560. The Hall–Kier alpha value is -2.87. The molecule has 8 heteroatoms. The van der Waals surface area contributed by atoms with Crippen molar-refractivity contribution in [2.45, 2.75) is 63.0 Å². The molecule has 4 rings (SSSR count). The summed E-state index contributed by atoms with van der Waals surface area (Å²) in [5.41, 5.74) is 0.957. The van der Waals surface area contributed by atoms with E-state index in [0.29, 0.717) is 25.9 Å². The van der Waals surface area contributed by atoms with Crippen molar-refractivity contribution in [2.75, 3.05) is 20.2 Å². The van der Waals surface area contributed by atoms with Crippen LogP contribution in [0.3, 0.4) is 0 Å². The van der Waals surface area contributed by atoms with Gasteiger partial charge in [-0.1, -0.05) is 31.4 Å². The summed E-state index contributed by atoms with van der Waals surface area (Å²) in [5.74, 6) is 0.677. The Kier molecular flexibility index (Phi) is 7.33. The maximum atomic E-state index is 13.4. The SMILES string of the molecule is COc1ccc(C[C@H](NC(=O)CCc2c[nH]cn2)C(=O)N2CC(O)(C3CCCCC3)C2)cc1. The van der Waals surface area contributed by atoms with E-state index in [4.69, 9.17) is 4.74 Å². The quantitative estimate of drug-likeness (QED) is 0.539. The van der Waals surface area contributed by atoms with E-state index >= 15 is 0 Å². The summed E-state index contributed by atoms with van der Waals surface area (Å²) >= 11 is 0. The molecule has 178 valence electrons. The lowest BCUT2D eigenvalue weighted by Crippen LogP contribution is -2.69. The third-order valence-electron chi connectivity index (χ3n) is 7.00. The van der Waals surface area contributed by atoms with E-state index in [9.17, 15) is 14.7 Å². The molecular formula is C25H34N4O4. The van der Waals surface area contributed by atoms with Crippen LogP contribution in [-0.2, 0) is 22.4 Å². The molecule has 3 N–H and O–H groups in total. The molecule has 0 radical (unpaired) electrons. The van der Waals surface area contributed by atoms with Gasteiger partial charge in [-0.15, -0.1) is 0 Å². The number of nitrogens with one attached hydrogen (secondary N) is 2. The van der Waals surface area contributed by atoms with Gasteiger partial charge in [0.2, 0.25) is 11.8 Å². The number of β-amino-alcohol motifs (C(OH)–C–C–N with tert-alkyl or cyclic N) is 1. The van der Waals surface area contributed by atoms with Crippen LogP contribution in [0, 0.1) is 5.92 Å². The van der Waals surface area contributed by atoms with Crippen LogP contribution in [0.4, 0.5) is 0 Å². The van der Waals surface area contributed by atoms with Crippen molar-refractivity contribution in [1.82, 2.24) is 20.2 Å². The number of H-pyrrole nitrogens is 1. The molecule has 0 spiro atoms. The van der Waals surface area contributed by atoms with Crippen molar-refractivity contribution < 1.29 is 19.4 Å². The van der Waals surface area contributed by atoms with E-state index in [2.05, 4.69) is 15.3 Å². The average Bonchev–Trinajstić information content (AvgIpc) is 3.35. The van der Waals surface area contributed by atoms with Crippen LogP contribution in [0.2, 0.25) is 0 Å². The highest BCUT2D eigenvalue weighted by atomic mass is 16.5. The van der Waals surface area contributed by atoms with Crippen molar-refractivity contribution in [3.63, 3.8) is 0 Å². The lowest BCUT2D eigenvalue weighted by atomic mass is 9.72. The molecule has 2 amide bonds. The third kappa shape index (κ3) is 5.74. The Bertz CT molecular complexity index is 916. The van der Waals surface area contributed by atoms with Gasteiger partial charge in [0.15, 0.2) is 0 Å². The summed E-state index contributed by atoms with van der Waals surface area (Å²) in [7, 11) is 1.61. The second kappa shape index (κ2) is 10.4. The van der Waals surface area contributed by atoms with Crippen LogP contribution in [-0.4, -0.2) is 63.6 Å². The first kappa shape index (κ1) is 23.3. The second-order valence-corrected chi connectivity index (χ2v) is 9.37. The smallest absolute Gasteiger partial charge is 0.245 e. The number of benzene rings is 1. The Morgan fingerprint density at radius 1 is 1.24 bits per heavy atom. The number of rotatable bonds is 9. The lowest BCUT2D eigenvalue weighted by Gasteiger charge is -2.52. The fourth-order valence-electron chi connectivity index (χ4n) is 5.02. The summed E-state index contributed by atoms with van der Waals surface area (Å²) in [6.45, 7) is 0.692. The molecule has 33 heavy (non-hydrogen) atoms. The number of ether oxygens (including phenoxy) is 1. The Morgan fingerprint density at radius 2 is 1.97 bits per heavy atom. The zero-order chi connectivity index (χ0) is 23.3. The third-order valence-corrected chi connectivity index (χ3v) is 7.00. The number of carbonyl (C=O) groups is 2. The molecule has 2 fully saturated rings. The minimum Gasteiger partial charge on any atom is -0.497 e. The molecule has 2 aromatic rings.